The van der Waals surface area contributed by atoms with Gasteiger partial charge in [0.15, 0.2) is 11.5 Å². The van der Waals surface area contributed by atoms with Gasteiger partial charge in [-0.1, -0.05) is 24.8 Å². The van der Waals surface area contributed by atoms with Crippen LogP contribution in [0.1, 0.15) is 22.8 Å². The molecule has 4 nitrogen and oxygen atoms in total. The Labute approximate surface area is 139 Å². The first-order valence-electron chi connectivity index (χ1n) is 7.31. The van der Waals surface area contributed by atoms with Crippen LogP contribution >= 0.6 is 11.3 Å². The zero-order chi connectivity index (χ0) is 16.3. The van der Waals surface area contributed by atoms with E-state index >= 15 is 0 Å². The topological polar surface area (TPSA) is 44.8 Å². The molecule has 0 bridgehead atoms. The van der Waals surface area contributed by atoms with Crippen LogP contribution in [0.15, 0.2) is 41.6 Å². The summed E-state index contributed by atoms with van der Waals surface area (Å²) in [7, 11) is 0. The Kier molecular flexibility index (Phi) is 4.39. The third-order valence-corrected chi connectivity index (χ3v) is 4.38. The van der Waals surface area contributed by atoms with E-state index in [2.05, 4.69) is 6.58 Å². The molecule has 0 amide bonds. The normalized spacial score (nSPS) is 15.5. The van der Waals surface area contributed by atoms with Crippen molar-refractivity contribution in [2.45, 2.75) is 6.92 Å². The Morgan fingerprint density at radius 3 is 2.43 bits per heavy atom. The number of fused-ring (bicyclic) bond motifs is 1. The molecule has 120 valence electrons. The molecule has 0 atom stereocenters. The quantitative estimate of drug-likeness (QED) is 0.794. The van der Waals surface area contributed by atoms with Gasteiger partial charge in [-0.15, -0.1) is 11.3 Å². The molecule has 0 N–H and O–H groups in total. The Hall–Kier alpha value is -2.27. The molecule has 0 fully saturated rings. The highest BCUT2D eigenvalue weighted by Gasteiger charge is 2.32. The maximum Gasteiger partial charge on any atom is 0.338 e. The number of rotatable bonds is 4. The van der Waals surface area contributed by atoms with E-state index in [9.17, 15) is 4.79 Å². The van der Waals surface area contributed by atoms with Crippen LogP contribution in [0.5, 0.6) is 11.5 Å². The van der Waals surface area contributed by atoms with Crippen LogP contribution in [0.25, 0.3) is 6.08 Å². The lowest BCUT2D eigenvalue weighted by Gasteiger charge is -2.25. The number of hydrogen-bond donors (Lipinski definition) is 0. The molecular formula is C18H18O4S. The maximum atomic E-state index is 12.2. The first-order chi connectivity index (χ1) is 11.1. The second-order valence-electron chi connectivity index (χ2n) is 5.89. The molecule has 1 aliphatic heterocycles. The molecule has 0 radical (unpaired) electrons. The van der Waals surface area contributed by atoms with Crippen molar-refractivity contribution in [3.8, 4) is 11.5 Å². The summed E-state index contributed by atoms with van der Waals surface area (Å²) in [6.07, 6.45) is 1.73. The summed E-state index contributed by atoms with van der Waals surface area (Å²) in [6.45, 7) is 6.80. The molecule has 5 heteroatoms. The number of carbonyl (C=O) groups is 1. The summed E-state index contributed by atoms with van der Waals surface area (Å²) < 4.78 is 17.0. The lowest BCUT2D eigenvalue weighted by molar-refractivity contribution is 0.0101. The third-order valence-electron chi connectivity index (χ3n) is 3.68. The molecule has 1 aromatic carbocycles. The molecule has 23 heavy (non-hydrogen) atoms. The van der Waals surface area contributed by atoms with E-state index in [1.54, 1.807) is 29.5 Å². The minimum Gasteiger partial charge on any atom is -0.488 e. The Morgan fingerprint density at radius 1 is 1.26 bits per heavy atom. The average molecular weight is 330 g/mol. The number of carbonyl (C=O) groups excluding carboxylic acids is 1. The lowest BCUT2D eigenvalue weighted by Crippen LogP contribution is -2.36. The first-order valence-corrected chi connectivity index (χ1v) is 8.25. The first kappa shape index (κ1) is 15.6. The van der Waals surface area contributed by atoms with E-state index in [1.807, 2.05) is 29.8 Å². The van der Waals surface area contributed by atoms with Crippen LogP contribution in [0, 0.1) is 5.41 Å². The van der Waals surface area contributed by atoms with Crippen LogP contribution < -0.4 is 9.47 Å². The number of benzene rings is 1. The van der Waals surface area contributed by atoms with Gasteiger partial charge < -0.3 is 14.2 Å². The van der Waals surface area contributed by atoms with Crippen molar-refractivity contribution in [1.82, 2.24) is 0 Å². The second kappa shape index (κ2) is 6.46. The fourth-order valence-corrected chi connectivity index (χ4v) is 2.88. The highest BCUT2D eigenvalue weighted by Crippen LogP contribution is 2.36. The van der Waals surface area contributed by atoms with Gasteiger partial charge in [0.1, 0.15) is 19.8 Å². The molecule has 0 spiro atoms. The van der Waals surface area contributed by atoms with Crippen molar-refractivity contribution in [3.05, 3.63) is 52.7 Å². The highest BCUT2D eigenvalue weighted by atomic mass is 32.1. The fourth-order valence-electron chi connectivity index (χ4n) is 2.19. The van der Waals surface area contributed by atoms with Crippen molar-refractivity contribution in [2.24, 2.45) is 5.41 Å². The molecule has 0 saturated heterocycles. The van der Waals surface area contributed by atoms with Crippen LogP contribution in [0.4, 0.5) is 0 Å². The second-order valence-corrected chi connectivity index (χ2v) is 6.63. The standard InChI is InChI=1S/C18H18O4S/c1-3-13-4-6-14(7-5-13)17(19)22-12-18(2)10-20-15-8-23-9-16(15)21-11-18/h3-9H,1,10-12H2,2H3. The van der Waals surface area contributed by atoms with Gasteiger partial charge in [0, 0.05) is 10.8 Å². The predicted molar refractivity (Wildman–Crippen MR) is 90.2 cm³/mol. The van der Waals surface area contributed by atoms with E-state index in [4.69, 9.17) is 14.2 Å². The van der Waals surface area contributed by atoms with Crippen molar-refractivity contribution >= 4 is 23.4 Å². The van der Waals surface area contributed by atoms with E-state index in [1.165, 1.54) is 0 Å². The molecule has 0 aliphatic carbocycles. The van der Waals surface area contributed by atoms with Crippen molar-refractivity contribution < 1.29 is 19.0 Å². The van der Waals surface area contributed by atoms with Gasteiger partial charge in [-0.3, -0.25) is 0 Å². The zero-order valence-electron chi connectivity index (χ0n) is 12.9. The van der Waals surface area contributed by atoms with Gasteiger partial charge in [-0.05, 0) is 24.6 Å². The Morgan fingerprint density at radius 2 is 1.87 bits per heavy atom. The summed E-state index contributed by atoms with van der Waals surface area (Å²) >= 11 is 1.54. The molecule has 1 aliphatic rings. The number of thiophene rings is 1. The monoisotopic (exact) mass is 330 g/mol. The van der Waals surface area contributed by atoms with Crippen molar-refractivity contribution in [2.75, 3.05) is 19.8 Å². The fraction of sp³-hybridized carbons (Fsp3) is 0.278. The number of esters is 1. The summed E-state index contributed by atoms with van der Waals surface area (Å²) in [5.41, 5.74) is 1.10. The van der Waals surface area contributed by atoms with Crippen molar-refractivity contribution in [1.29, 1.82) is 0 Å². The molecule has 1 aromatic heterocycles. The van der Waals surface area contributed by atoms with Crippen LogP contribution in [0.2, 0.25) is 0 Å². The third kappa shape index (κ3) is 3.56. The summed E-state index contributed by atoms with van der Waals surface area (Å²) in [6, 6.07) is 7.14. The van der Waals surface area contributed by atoms with Crippen LogP contribution in [-0.4, -0.2) is 25.8 Å². The smallest absolute Gasteiger partial charge is 0.338 e. The lowest BCUT2D eigenvalue weighted by atomic mass is 9.94. The Balaban J connectivity index is 1.59. The van der Waals surface area contributed by atoms with Crippen molar-refractivity contribution in [3.63, 3.8) is 0 Å². The molecule has 0 unspecified atom stereocenters. The molecule has 2 heterocycles. The number of hydrogen-bond acceptors (Lipinski definition) is 5. The largest absolute Gasteiger partial charge is 0.488 e. The van der Waals surface area contributed by atoms with E-state index in [0.29, 0.717) is 18.8 Å². The molecule has 3 rings (SSSR count). The summed E-state index contributed by atoms with van der Waals surface area (Å²) in [4.78, 5) is 12.2. The maximum absolute atomic E-state index is 12.2. The molecular weight excluding hydrogens is 312 g/mol. The van der Waals surface area contributed by atoms with Gasteiger partial charge in [0.25, 0.3) is 0 Å². The zero-order valence-corrected chi connectivity index (χ0v) is 13.7. The van der Waals surface area contributed by atoms with Crippen LogP contribution in [-0.2, 0) is 4.74 Å². The molecule has 0 saturated carbocycles. The van der Waals surface area contributed by atoms with Gasteiger partial charge in [0.05, 0.1) is 11.0 Å². The predicted octanol–water partition coefficient (Wildman–Crippen LogP) is 4.03. The average Bonchev–Trinajstić information content (AvgIpc) is 2.98. The molecule has 2 aromatic rings. The van der Waals surface area contributed by atoms with Gasteiger partial charge >= 0.3 is 5.97 Å². The highest BCUT2D eigenvalue weighted by molar-refractivity contribution is 7.08. The van der Waals surface area contributed by atoms with E-state index in [-0.39, 0.29) is 18.0 Å². The Bertz CT molecular complexity index is 680. The van der Waals surface area contributed by atoms with Gasteiger partial charge in [-0.25, -0.2) is 4.79 Å². The van der Waals surface area contributed by atoms with E-state index in [0.717, 1.165) is 17.1 Å². The minimum absolute atomic E-state index is 0.239. The minimum atomic E-state index is -0.382. The van der Waals surface area contributed by atoms with Crippen LogP contribution in [0.3, 0.4) is 0 Å². The van der Waals surface area contributed by atoms with Gasteiger partial charge in [0.2, 0.25) is 0 Å². The SMILES string of the molecule is C=Cc1ccc(C(=O)OCC2(C)COc3cscc3OC2)cc1. The van der Waals surface area contributed by atoms with Gasteiger partial charge in [-0.2, -0.15) is 0 Å². The summed E-state index contributed by atoms with van der Waals surface area (Å²) in [5, 5.41) is 3.82. The summed E-state index contributed by atoms with van der Waals surface area (Å²) in [5.74, 6) is 1.16. The van der Waals surface area contributed by atoms with E-state index < -0.39 is 0 Å². The number of ether oxygens (including phenoxy) is 3.